The molecule has 0 bridgehead atoms. The molecule has 1 unspecified atom stereocenters. The summed E-state index contributed by atoms with van der Waals surface area (Å²) in [7, 11) is 0. The van der Waals surface area contributed by atoms with Gasteiger partial charge in [0.1, 0.15) is 5.75 Å². The molecule has 0 amide bonds. The molecular weight excluding hydrogens is 184 g/mol. The summed E-state index contributed by atoms with van der Waals surface area (Å²) in [5, 5.41) is 10.0. The first-order valence-electron chi connectivity index (χ1n) is 5.62. The van der Waals surface area contributed by atoms with Crippen LogP contribution in [0.2, 0.25) is 0 Å². The molecule has 1 aromatic rings. The Kier molecular flexibility index (Phi) is 1.95. The van der Waals surface area contributed by atoms with E-state index in [0.717, 1.165) is 5.56 Å². The third-order valence-electron chi connectivity index (χ3n) is 4.55. The van der Waals surface area contributed by atoms with Gasteiger partial charge in [-0.25, -0.2) is 0 Å². The lowest BCUT2D eigenvalue weighted by Crippen LogP contribution is -2.30. The van der Waals surface area contributed by atoms with Gasteiger partial charge >= 0.3 is 0 Å². The summed E-state index contributed by atoms with van der Waals surface area (Å²) in [6, 6.07) is 5.90. The summed E-state index contributed by atoms with van der Waals surface area (Å²) in [4.78, 5) is 0. The van der Waals surface area contributed by atoms with Crippen LogP contribution in [0.5, 0.6) is 5.75 Å². The molecule has 15 heavy (non-hydrogen) atoms. The average Bonchev–Trinajstić information content (AvgIpc) is 2.27. The van der Waals surface area contributed by atoms with Gasteiger partial charge in [-0.1, -0.05) is 46.8 Å². The first kappa shape index (κ1) is 10.5. The standard InChI is InChI=1S/C14H20O/c1-9-13(2,3)10-7-6-8-11(15)12(10)14(9,4)5/h6-9,15H,1-5H3. The van der Waals surface area contributed by atoms with Crippen LogP contribution in [-0.2, 0) is 10.8 Å². The van der Waals surface area contributed by atoms with Crippen molar-refractivity contribution in [1.82, 2.24) is 0 Å². The predicted octanol–water partition coefficient (Wildman–Crippen LogP) is 3.60. The Bertz CT molecular complexity index is 402. The fourth-order valence-corrected chi connectivity index (χ4v) is 3.11. The third kappa shape index (κ3) is 1.15. The number of hydrogen-bond acceptors (Lipinski definition) is 1. The monoisotopic (exact) mass is 204 g/mol. The van der Waals surface area contributed by atoms with Gasteiger partial charge in [-0.05, 0) is 28.4 Å². The Morgan fingerprint density at radius 1 is 1.07 bits per heavy atom. The molecule has 0 heterocycles. The van der Waals surface area contributed by atoms with Gasteiger partial charge in [-0.2, -0.15) is 0 Å². The minimum Gasteiger partial charge on any atom is -0.508 e. The molecule has 1 aliphatic rings. The topological polar surface area (TPSA) is 20.2 Å². The molecule has 0 aliphatic heterocycles. The first-order valence-corrected chi connectivity index (χ1v) is 5.62. The summed E-state index contributed by atoms with van der Waals surface area (Å²) in [6.45, 7) is 11.3. The Hall–Kier alpha value is -0.980. The molecule has 0 radical (unpaired) electrons. The fraction of sp³-hybridized carbons (Fsp3) is 0.571. The van der Waals surface area contributed by atoms with Crippen molar-refractivity contribution in [2.45, 2.75) is 45.4 Å². The molecule has 1 aliphatic carbocycles. The van der Waals surface area contributed by atoms with Gasteiger partial charge in [0.2, 0.25) is 0 Å². The first-order chi connectivity index (χ1) is 6.79. The van der Waals surface area contributed by atoms with Gasteiger partial charge in [0, 0.05) is 5.56 Å². The van der Waals surface area contributed by atoms with Crippen LogP contribution in [0.1, 0.15) is 45.7 Å². The van der Waals surface area contributed by atoms with Crippen molar-refractivity contribution < 1.29 is 5.11 Å². The van der Waals surface area contributed by atoms with E-state index in [9.17, 15) is 5.11 Å². The molecule has 0 saturated heterocycles. The number of benzene rings is 1. The highest BCUT2D eigenvalue weighted by molar-refractivity contribution is 5.52. The van der Waals surface area contributed by atoms with Gasteiger partial charge in [0.15, 0.2) is 0 Å². The van der Waals surface area contributed by atoms with E-state index < -0.39 is 0 Å². The van der Waals surface area contributed by atoms with E-state index in [0.29, 0.717) is 11.7 Å². The van der Waals surface area contributed by atoms with Crippen LogP contribution < -0.4 is 0 Å². The highest BCUT2D eigenvalue weighted by Crippen LogP contribution is 2.55. The molecule has 1 heteroatoms. The molecule has 1 atom stereocenters. The summed E-state index contributed by atoms with van der Waals surface area (Å²) < 4.78 is 0. The van der Waals surface area contributed by atoms with Gasteiger partial charge < -0.3 is 5.11 Å². The van der Waals surface area contributed by atoms with Crippen molar-refractivity contribution in [3.8, 4) is 5.75 Å². The van der Waals surface area contributed by atoms with Gasteiger partial charge in [-0.15, -0.1) is 0 Å². The lowest BCUT2D eigenvalue weighted by molar-refractivity contribution is 0.261. The normalized spacial score (nSPS) is 26.3. The zero-order chi connectivity index (χ0) is 11.4. The average molecular weight is 204 g/mol. The maximum absolute atomic E-state index is 10.0. The number of phenolic OH excluding ortho intramolecular Hbond substituents is 1. The maximum atomic E-state index is 10.0. The molecule has 1 nitrogen and oxygen atoms in total. The summed E-state index contributed by atoms with van der Waals surface area (Å²) >= 11 is 0. The Balaban J connectivity index is 2.77. The van der Waals surface area contributed by atoms with Crippen molar-refractivity contribution >= 4 is 0 Å². The van der Waals surface area contributed by atoms with E-state index in [1.54, 1.807) is 6.07 Å². The minimum atomic E-state index is 0.0597. The molecular formula is C14H20O. The minimum absolute atomic E-state index is 0.0597. The second-order valence-electron chi connectivity index (χ2n) is 5.86. The highest BCUT2D eigenvalue weighted by atomic mass is 16.3. The number of fused-ring (bicyclic) bond motifs is 1. The highest BCUT2D eigenvalue weighted by Gasteiger charge is 2.49. The Morgan fingerprint density at radius 3 is 2.20 bits per heavy atom. The van der Waals surface area contributed by atoms with E-state index in [4.69, 9.17) is 0 Å². The number of phenols is 1. The van der Waals surface area contributed by atoms with Crippen LogP contribution in [0, 0.1) is 5.92 Å². The lowest BCUT2D eigenvalue weighted by Gasteiger charge is -2.32. The second-order valence-corrected chi connectivity index (χ2v) is 5.86. The zero-order valence-electron chi connectivity index (χ0n) is 10.3. The molecule has 1 aromatic carbocycles. The quantitative estimate of drug-likeness (QED) is 0.684. The summed E-state index contributed by atoms with van der Waals surface area (Å²) in [5.74, 6) is 0.989. The van der Waals surface area contributed by atoms with Crippen molar-refractivity contribution in [2.75, 3.05) is 0 Å². The third-order valence-corrected chi connectivity index (χ3v) is 4.55. The van der Waals surface area contributed by atoms with Crippen molar-refractivity contribution in [1.29, 1.82) is 0 Å². The largest absolute Gasteiger partial charge is 0.508 e. The van der Waals surface area contributed by atoms with Crippen LogP contribution in [0.3, 0.4) is 0 Å². The fourth-order valence-electron chi connectivity index (χ4n) is 3.11. The number of rotatable bonds is 0. The number of hydrogen-bond donors (Lipinski definition) is 1. The van der Waals surface area contributed by atoms with Crippen molar-refractivity contribution in [3.63, 3.8) is 0 Å². The maximum Gasteiger partial charge on any atom is 0.119 e. The number of aromatic hydroxyl groups is 1. The van der Waals surface area contributed by atoms with Crippen LogP contribution in [0.25, 0.3) is 0 Å². The van der Waals surface area contributed by atoms with E-state index in [1.165, 1.54) is 5.56 Å². The lowest BCUT2D eigenvalue weighted by atomic mass is 9.71. The SMILES string of the molecule is CC1C(C)(C)c2cccc(O)c2C1(C)C. The smallest absolute Gasteiger partial charge is 0.119 e. The molecule has 0 fully saturated rings. The molecule has 0 saturated carbocycles. The van der Waals surface area contributed by atoms with E-state index in [2.05, 4.69) is 40.7 Å². The Labute approximate surface area is 92.1 Å². The second kappa shape index (κ2) is 2.78. The van der Waals surface area contributed by atoms with Crippen LogP contribution in [-0.4, -0.2) is 5.11 Å². The Morgan fingerprint density at radius 2 is 1.67 bits per heavy atom. The van der Waals surface area contributed by atoms with E-state index >= 15 is 0 Å². The zero-order valence-corrected chi connectivity index (χ0v) is 10.3. The van der Waals surface area contributed by atoms with Gasteiger partial charge in [0.05, 0.1) is 0 Å². The predicted molar refractivity (Wildman–Crippen MR) is 63.3 cm³/mol. The van der Waals surface area contributed by atoms with Crippen molar-refractivity contribution in [2.24, 2.45) is 5.92 Å². The van der Waals surface area contributed by atoms with Crippen LogP contribution in [0.15, 0.2) is 18.2 Å². The van der Waals surface area contributed by atoms with Gasteiger partial charge in [0.25, 0.3) is 0 Å². The van der Waals surface area contributed by atoms with Crippen molar-refractivity contribution in [3.05, 3.63) is 29.3 Å². The molecule has 0 aromatic heterocycles. The summed E-state index contributed by atoms with van der Waals surface area (Å²) in [5.41, 5.74) is 2.66. The molecule has 1 N–H and O–H groups in total. The molecule has 82 valence electrons. The van der Waals surface area contributed by atoms with Crippen LogP contribution in [0.4, 0.5) is 0 Å². The van der Waals surface area contributed by atoms with E-state index in [1.807, 2.05) is 6.07 Å². The molecule has 2 rings (SSSR count). The summed E-state index contributed by atoms with van der Waals surface area (Å²) in [6.07, 6.45) is 0. The molecule has 0 spiro atoms. The van der Waals surface area contributed by atoms with Gasteiger partial charge in [-0.3, -0.25) is 0 Å². The van der Waals surface area contributed by atoms with E-state index in [-0.39, 0.29) is 10.8 Å². The van der Waals surface area contributed by atoms with Crippen LogP contribution >= 0.6 is 0 Å².